The number of rotatable bonds is 3. The van der Waals surface area contributed by atoms with Gasteiger partial charge in [0.1, 0.15) is 5.69 Å². The summed E-state index contributed by atoms with van der Waals surface area (Å²) in [6.07, 6.45) is 0. The van der Waals surface area contributed by atoms with Crippen molar-refractivity contribution in [1.29, 1.82) is 0 Å². The highest BCUT2D eigenvalue weighted by atomic mass is 15.1. The largest absolute Gasteiger partial charge is 0.309 e. The van der Waals surface area contributed by atoms with Crippen LogP contribution in [-0.4, -0.2) is 19.1 Å². The zero-order valence-corrected chi connectivity index (χ0v) is 32.3. The first kappa shape index (κ1) is 31.9. The van der Waals surface area contributed by atoms with Gasteiger partial charge < -0.3 is 4.57 Å². The third kappa shape index (κ3) is 4.14. The van der Waals surface area contributed by atoms with E-state index < -0.39 is 0 Å². The quantitative estimate of drug-likeness (QED) is 0.168. The third-order valence-corrected chi connectivity index (χ3v) is 13.0. The molecule has 4 heteroatoms. The van der Waals surface area contributed by atoms with E-state index >= 15 is 0 Å². The second-order valence-electron chi connectivity index (χ2n) is 16.0. The van der Waals surface area contributed by atoms with E-state index in [1.807, 2.05) is 0 Å². The fourth-order valence-electron chi connectivity index (χ4n) is 10.5. The van der Waals surface area contributed by atoms with E-state index in [0.717, 1.165) is 61.1 Å². The van der Waals surface area contributed by atoms with Crippen molar-refractivity contribution in [3.05, 3.63) is 194 Å². The van der Waals surface area contributed by atoms with Crippen molar-refractivity contribution in [2.45, 2.75) is 0 Å². The van der Waals surface area contributed by atoms with Crippen molar-refractivity contribution in [3.8, 4) is 45.0 Å². The number of aromatic nitrogens is 4. The number of para-hydroxylation sites is 2. The van der Waals surface area contributed by atoms with E-state index in [1.54, 1.807) is 0 Å². The summed E-state index contributed by atoms with van der Waals surface area (Å²) in [5.41, 5.74) is 14.3. The summed E-state index contributed by atoms with van der Waals surface area (Å²) in [6, 6.07) is 70.5. The lowest BCUT2D eigenvalue weighted by molar-refractivity contribution is 1.09. The Morgan fingerprint density at radius 2 is 0.983 bits per heavy atom. The van der Waals surface area contributed by atoms with Gasteiger partial charge in [-0.25, -0.2) is 9.97 Å². The minimum Gasteiger partial charge on any atom is -0.309 e. The predicted molar refractivity (Wildman–Crippen MR) is 251 cm³/mol. The molecule has 0 radical (unpaired) electrons. The van der Waals surface area contributed by atoms with Gasteiger partial charge in [-0.15, -0.1) is 0 Å². The summed E-state index contributed by atoms with van der Waals surface area (Å²) in [4.78, 5) is 11.5. The summed E-state index contributed by atoms with van der Waals surface area (Å²) in [6.45, 7) is 0. The van der Waals surface area contributed by atoms with Crippen LogP contribution in [0.4, 0.5) is 0 Å². The Hall–Kier alpha value is -8.08. The molecule has 4 nitrogen and oxygen atoms in total. The van der Waals surface area contributed by atoms with Crippen molar-refractivity contribution in [2.75, 3.05) is 0 Å². The van der Waals surface area contributed by atoms with Crippen LogP contribution in [0.1, 0.15) is 0 Å². The maximum absolute atomic E-state index is 5.81. The first-order valence-corrected chi connectivity index (χ1v) is 20.6. The van der Waals surface area contributed by atoms with E-state index in [9.17, 15) is 0 Å². The van der Waals surface area contributed by atoms with Crippen LogP contribution in [0, 0.1) is 0 Å². The van der Waals surface area contributed by atoms with Gasteiger partial charge in [0.25, 0.3) is 0 Å². The van der Waals surface area contributed by atoms with Gasteiger partial charge in [-0.1, -0.05) is 152 Å². The van der Waals surface area contributed by atoms with Gasteiger partial charge in [-0.05, 0) is 80.9 Å². The summed E-state index contributed by atoms with van der Waals surface area (Å²) in [5, 5.41) is 12.1. The summed E-state index contributed by atoms with van der Waals surface area (Å²) >= 11 is 0. The molecule has 14 rings (SSSR count). The van der Waals surface area contributed by atoms with Crippen LogP contribution in [0.5, 0.6) is 0 Å². The van der Waals surface area contributed by atoms with Gasteiger partial charge >= 0.3 is 0 Å². The molecule has 10 aromatic carbocycles. The Bertz CT molecular complexity index is 4000. The second kappa shape index (κ2) is 11.8. The SMILES string of the molecule is c1ccc(-n2c3ccccc3c3cc(-c4nc5ccc6ccccc6c5nc4-n4c5cccc6c5c5c7c(cccc7c7ccccc7c54)-c4ccccc4-6)ccc32)cc1. The molecule has 13 aromatic rings. The van der Waals surface area contributed by atoms with Crippen LogP contribution < -0.4 is 0 Å². The summed E-state index contributed by atoms with van der Waals surface area (Å²) in [7, 11) is 0. The Morgan fingerprint density at radius 3 is 1.83 bits per heavy atom. The summed E-state index contributed by atoms with van der Waals surface area (Å²) in [5.74, 6) is 0.818. The lowest BCUT2D eigenvalue weighted by atomic mass is 9.91. The van der Waals surface area contributed by atoms with E-state index in [0.29, 0.717) is 0 Å². The number of fused-ring (bicyclic) bond motifs is 12. The number of hydrogen-bond donors (Lipinski definition) is 0. The average Bonchev–Trinajstić information content (AvgIpc) is 3.80. The third-order valence-electron chi connectivity index (χ3n) is 13.0. The van der Waals surface area contributed by atoms with Gasteiger partial charge in [0.15, 0.2) is 5.82 Å². The fraction of sp³-hybridized carbons (Fsp3) is 0. The van der Waals surface area contributed by atoms with E-state index in [4.69, 9.17) is 9.97 Å². The van der Waals surface area contributed by atoms with Crippen LogP contribution >= 0.6 is 0 Å². The zero-order valence-electron chi connectivity index (χ0n) is 32.3. The molecule has 0 aliphatic heterocycles. The number of benzene rings is 10. The minimum absolute atomic E-state index is 0.818. The molecule has 0 unspecified atom stereocenters. The molecule has 60 heavy (non-hydrogen) atoms. The van der Waals surface area contributed by atoms with Crippen molar-refractivity contribution >= 4 is 87.0 Å². The van der Waals surface area contributed by atoms with Crippen LogP contribution in [0.2, 0.25) is 0 Å². The molecule has 0 saturated heterocycles. The lowest BCUT2D eigenvalue weighted by Crippen LogP contribution is -2.05. The molecule has 0 spiro atoms. The molecule has 3 heterocycles. The average molecular weight is 761 g/mol. The van der Waals surface area contributed by atoms with E-state index in [1.165, 1.54) is 70.9 Å². The molecule has 0 amide bonds. The van der Waals surface area contributed by atoms with Crippen molar-refractivity contribution in [2.24, 2.45) is 0 Å². The molecule has 0 saturated carbocycles. The molecule has 0 fully saturated rings. The van der Waals surface area contributed by atoms with Gasteiger partial charge in [-0.3, -0.25) is 4.57 Å². The standard InChI is InChI=1S/C56H32N4/c1-2-15-35(16-3-1)59-47-26-11-10-21-40(47)45-32-34(29-31-48(45)59)53-56(58-54-36-17-5-4-14-33(36)28-30-46(54)57-53)60-49-27-13-25-43-38-19-7-6-18-37(38)41-23-12-24-42-39-20-8-9-22-44(39)55(60)52(50(41)42)51(43)49/h1-32H. The van der Waals surface area contributed by atoms with Gasteiger partial charge in [0.05, 0.1) is 33.1 Å². The van der Waals surface area contributed by atoms with Gasteiger partial charge in [0.2, 0.25) is 0 Å². The first-order valence-electron chi connectivity index (χ1n) is 20.6. The minimum atomic E-state index is 0.818. The summed E-state index contributed by atoms with van der Waals surface area (Å²) < 4.78 is 4.81. The van der Waals surface area contributed by atoms with Crippen LogP contribution in [-0.2, 0) is 0 Å². The molecule has 0 bridgehead atoms. The topological polar surface area (TPSA) is 35.6 Å². The molecule has 3 aromatic heterocycles. The lowest BCUT2D eigenvalue weighted by Gasteiger charge is -2.18. The van der Waals surface area contributed by atoms with E-state index in [-0.39, 0.29) is 0 Å². The second-order valence-corrected chi connectivity index (χ2v) is 16.0. The maximum Gasteiger partial charge on any atom is 0.165 e. The molecule has 1 aliphatic carbocycles. The molecule has 0 N–H and O–H groups in total. The normalized spacial score (nSPS) is 12.3. The number of hydrogen-bond acceptors (Lipinski definition) is 2. The van der Waals surface area contributed by atoms with Crippen molar-refractivity contribution < 1.29 is 0 Å². The molecule has 1 aliphatic rings. The Balaban J connectivity index is 1.18. The van der Waals surface area contributed by atoms with Crippen molar-refractivity contribution in [1.82, 2.24) is 19.1 Å². The van der Waals surface area contributed by atoms with E-state index in [2.05, 4.69) is 203 Å². The first-order chi connectivity index (χ1) is 29.8. The molecular weight excluding hydrogens is 729 g/mol. The van der Waals surface area contributed by atoms with Crippen LogP contribution in [0.25, 0.3) is 132 Å². The molecule has 0 atom stereocenters. The Labute approximate surface area is 343 Å². The van der Waals surface area contributed by atoms with Crippen LogP contribution in [0.15, 0.2) is 194 Å². The van der Waals surface area contributed by atoms with Gasteiger partial charge in [0, 0.05) is 49.0 Å². The molecule has 276 valence electrons. The smallest absolute Gasteiger partial charge is 0.165 e. The highest BCUT2D eigenvalue weighted by Gasteiger charge is 2.29. The Morgan fingerprint density at radius 1 is 0.350 bits per heavy atom. The fourth-order valence-corrected chi connectivity index (χ4v) is 10.5. The van der Waals surface area contributed by atoms with Crippen molar-refractivity contribution in [3.63, 3.8) is 0 Å². The maximum atomic E-state index is 5.81. The van der Waals surface area contributed by atoms with Gasteiger partial charge in [-0.2, -0.15) is 0 Å². The highest BCUT2D eigenvalue weighted by Crippen LogP contribution is 2.52. The predicted octanol–water partition coefficient (Wildman–Crippen LogP) is 14.6. The number of nitrogens with zero attached hydrogens (tertiary/aromatic N) is 4. The highest BCUT2D eigenvalue weighted by molar-refractivity contribution is 6.38. The molecular formula is C56H32N4. The Kier molecular flexibility index (Phi) is 6.26. The monoisotopic (exact) mass is 760 g/mol. The zero-order chi connectivity index (χ0) is 39.1. The van der Waals surface area contributed by atoms with Crippen LogP contribution in [0.3, 0.4) is 0 Å².